The van der Waals surface area contributed by atoms with E-state index in [1.54, 1.807) is 0 Å². The fraction of sp³-hybridized carbons (Fsp3) is 0.412. The maximum absolute atomic E-state index is 6.22. The minimum atomic E-state index is 0.569. The number of likely N-dealkylation sites (N-methyl/N-ethyl adjacent to an activating group) is 1. The van der Waals surface area contributed by atoms with E-state index in [4.69, 9.17) is 11.6 Å². The highest BCUT2D eigenvalue weighted by molar-refractivity contribution is 6.33. The van der Waals surface area contributed by atoms with Crippen molar-refractivity contribution in [3.8, 4) is 0 Å². The van der Waals surface area contributed by atoms with Crippen LogP contribution in [-0.4, -0.2) is 42.1 Å². The van der Waals surface area contributed by atoms with Crippen LogP contribution in [0, 0.1) is 0 Å². The second-order valence-electron chi connectivity index (χ2n) is 6.11. The second-order valence-corrected chi connectivity index (χ2v) is 6.52. The van der Waals surface area contributed by atoms with Gasteiger partial charge in [-0.3, -0.25) is 0 Å². The topological polar surface area (TPSA) is 53.1 Å². The van der Waals surface area contributed by atoms with Gasteiger partial charge in [0.25, 0.3) is 0 Å². The summed E-state index contributed by atoms with van der Waals surface area (Å²) in [5.41, 5.74) is 1.95. The van der Waals surface area contributed by atoms with Gasteiger partial charge in [-0.05, 0) is 39.1 Å². The molecule has 0 bridgehead atoms. The fourth-order valence-corrected chi connectivity index (χ4v) is 2.47. The molecule has 1 aliphatic carbocycles. The normalized spacial score (nSPS) is 14.1. The first-order chi connectivity index (χ1) is 11.1. The van der Waals surface area contributed by atoms with Gasteiger partial charge in [0.05, 0.1) is 16.4 Å². The van der Waals surface area contributed by atoms with E-state index in [9.17, 15) is 0 Å². The number of rotatable bonds is 7. The molecule has 1 saturated carbocycles. The Kier molecular flexibility index (Phi) is 4.98. The van der Waals surface area contributed by atoms with Crippen molar-refractivity contribution < 1.29 is 0 Å². The number of benzene rings is 1. The van der Waals surface area contributed by atoms with Crippen LogP contribution in [-0.2, 0) is 0 Å². The molecule has 1 aromatic carbocycles. The van der Waals surface area contributed by atoms with Crippen LogP contribution in [0.3, 0.4) is 0 Å². The summed E-state index contributed by atoms with van der Waals surface area (Å²) in [7, 11) is 4.10. The second kappa shape index (κ2) is 7.15. The quantitative estimate of drug-likeness (QED) is 0.809. The van der Waals surface area contributed by atoms with Crippen molar-refractivity contribution in [2.45, 2.75) is 18.8 Å². The summed E-state index contributed by atoms with van der Waals surface area (Å²) in [6.07, 6.45) is 2.42. The third-order valence-electron chi connectivity index (χ3n) is 3.72. The Morgan fingerprint density at radius 3 is 2.70 bits per heavy atom. The monoisotopic (exact) mass is 331 g/mol. The first-order valence-corrected chi connectivity index (χ1v) is 8.29. The average molecular weight is 332 g/mol. The SMILES string of the molecule is CN(C)CCNc1nc(Nc2ccccc2Cl)cc(C2CC2)n1. The van der Waals surface area contributed by atoms with Gasteiger partial charge in [0.2, 0.25) is 5.95 Å². The van der Waals surface area contributed by atoms with Crippen molar-refractivity contribution in [1.29, 1.82) is 0 Å². The molecule has 0 spiro atoms. The standard InChI is InChI=1S/C17H22ClN5/c1-23(2)10-9-19-17-21-15(12-7-8-12)11-16(22-17)20-14-6-4-3-5-13(14)18/h3-6,11-12H,7-10H2,1-2H3,(H2,19,20,21,22). The molecule has 23 heavy (non-hydrogen) atoms. The van der Waals surface area contributed by atoms with Gasteiger partial charge in [-0.15, -0.1) is 0 Å². The van der Waals surface area contributed by atoms with Crippen LogP contribution >= 0.6 is 11.6 Å². The fourth-order valence-electron chi connectivity index (χ4n) is 2.29. The molecular formula is C17H22ClN5. The lowest BCUT2D eigenvalue weighted by molar-refractivity contribution is 0.425. The maximum Gasteiger partial charge on any atom is 0.224 e. The Balaban J connectivity index is 1.78. The number of hydrogen-bond acceptors (Lipinski definition) is 5. The molecule has 5 nitrogen and oxygen atoms in total. The maximum atomic E-state index is 6.22. The number of para-hydroxylation sites is 1. The molecule has 3 rings (SSSR count). The van der Waals surface area contributed by atoms with Crippen LogP contribution in [0.2, 0.25) is 5.02 Å². The van der Waals surface area contributed by atoms with Crippen molar-refractivity contribution in [1.82, 2.24) is 14.9 Å². The van der Waals surface area contributed by atoms with E-state index in [1.807, 2.05) is 44.4 Å². The van der Waals surface area contributed by atoms with Gasteiger partial charge in [0, 0.05) is 25.1 Å². The third-order valence-corrected chi connectivity index (χ3v) is 4.05. The number of nitrogens with one attached hydrogen (secondary N) is 2. The Bertz CT molecular complexity index is 670. The molecule has 1 aliphatic rings. The number of nitrogens with zero attached hydrogens (tertiary/aromatic N) is 3. The molecule has 0 unspecified atom stereocenters. The summed E-state index contributed by atoms with van der Waals surface area (Å²) in [5, 5.41) is 7.29. The highest BCUT2D eigenvalue weighted by Gasteiger charge is 2.26. The average Bonchev–Trinajstić information content (AvgIpc) is 3.34. The van der Waals surface area contributed by atoms with Gasteiger partial charge in [-0.2, -0.15) is 4.98 Å². The zero-order valence-corrected chi connectivity index (χ0v) is 14.3. The van der Waals surface area contributed by atoms with Crippen LogP contribution in [0.5, 0.6) is 0 Å². The number of anilines is 3. The van der Waals surface area contributed by atoms with E-state index >= 15 is 0 Å². The van der Waals surface area contributed by atoms with Gasteiger partial charge in [-0.25, -0.2) is 4.98 Å². The van der Waals surface area contributed by atoms with Gasteiger partial charge in [0.15, 0.2) is 0 Å². The molecule has 0 amide bonds. The van der Waals surface area contributed by atoms with Crippen LogP contribution in [0.1, 0.15) is 24.5 Å². The molecule has 1 aromatic heterocycles. The largest absolute Gasteiger partial charge is 0.353 e. The van der Waals surface area contributed by atoms with Crippen molar-refractivity contribution in [2.75, 3.05) is 37.8 Å². The van der Waals surface area contributed by atoms with E-state index in [1.165, 1.54) is 12.8 Å². The van der Waals surface area contributed by atoms with E-state index in [0.29, 0.717) is 16.9 Å². The van der Waals surface area contributed by atoms with E-state index in [0.717, 1.165) is 30.3 Å². The Hall–Kier alpha value is -1.85. The van der Waals surface area contributed by atoms with Gasteiger partial charge in [-0.1, -0.05) is 23.7 Å². The molecule has 1 fully saturated rings. The van der Waals surface area contributed by atoms with Crippen molar-refractivity contribution >= 4 is 29.1 Å². The lowest BCUT2D eigenvalue weighted by atomic mass is 10.2. The zero-order valence-electron chi connectivity index (χ0n) is 13.5. The molecule has 2 N–H and O–H groups in total. The zero-order chi connectivity index (χ0) is 16.2. The third kappa shape index (κ3) is 4.56. The molecule has 0 aliphatic heterocycles. The molecule has 0 radical (unpaired) electrons. The van der Waals surface area contributed by atoms with Crippen molar-refractivity contribution in [3.63, 3.8) is 0 Å². The summed E-state index contributed by atoms with van der Waals surface area (Å²) in [5.74, 6) is 2.02. The van der Waals surface area contributed by atoms with Crippen LogP contribution < -0.4 is 10.6 Å². The Morgan fingerprint density at radius 1 is 1.22 bits per heavy atom. The summed E-state index contributed by atoms with van der Waals surface area (Å²) >= 11 is 6.22. The summed E-state index contributed by atoms with van der Waals surface area (Å²) in [4.78, 5) is 11.3. The smallest absolute Gasteiger partial charge is 0.224 e. The van der Waals surface area contributed by atoms with E-state index in [-0.39, 0.29) is 0 Å². The van der Waals surface area contributed by atoms with E-state index in [2.05, 4.69) is 25.5 Å². The van der Waals surface area contributed by atoms with Gasteiger partial charge < -0.3 is 15.5 Å². The Labute approximate surface area is 142 Å². The van der Waals surface area contributed by atoms with Crippen LogP contribution in [0.4, 0.5) is 17.5 Å². The predicted molar refractivity (Wildman–Crippen MR) is 95.8 cm³/mol. The van der Waals surface area contributed by atoms with Gasteiger partial charge >= 0.3 is 0 Å². The van der Waals surface area contributed by atoms with Gasteiger partial charge in [0.1, 0.15) is 5.82 Å². The first kappa shape index (κ1) is 16.0. The number of aromatic nitrogens is 2. The molecule has 1 heterocycles. The van der Waals surface area contributed by atoms with Crippen LogP contribution in [0.25, 0.3) is 0 Å². The molecule has 0 saturated heterocycles. The van der Waals surface area contributed by atoms with Crippen molar-refractivity contribution in [2.24, 2.45) is 0 Å². The number of hydrogen-bond donors (Lipinski definition) is 2. The van der Waals surface area contributed by atoms with Crippen molar-refractivity contribution in [3.05, 3.63) is 41.0 Å². The minimum absolute atomic E-state index is 0.569. The first-order valence-electron chi connectivity index (χ1n) is 7.91. The molecule has 6 heteroatoms. The van der Waals surface area contributed by atoms with Crippen LogP contribution in [0.15, 0.2) is 30.3 Å². The molecule has 0 atom stereocenters. The Morgan fingerprint density at radius 2 is 2.00 bits per heavy atom. The van der Waals surface area contributed by atoms with E-state index < -0.39 is 0 Å². The molecular weight excluding hydrogens is 310 g/mol. The minimum Gasteiger partial charge on any atom is -0.353 e. The highest BCUT2D eigenvalue weighted by atomic mass is 35.5. The summed E-state index contributed by atoms with van der Waals surface area (Å²) < 4.78 is 0. The summed E-state index contributed by atoms with van der Waals surface area (Å²) in [6, 6.07) is 9.70. The lowest BCUT2D eigenvalue weighted by Gasteiger charge is -2.13. The number of halogens is 1. The summed E-state index contributed by atoms with van der Waals surface area (Å²) in [6.45, 7) is 1.75. The highest BCUT2D eigenvalue weighted by Crippen LogP contribution is 2.40. The predicted octanol–water partition coefficient (Wildman–Crippen LogP) is 3.72. The molecule has 122 valence electrons. The molecule has 2 aromatic rings. The lowest BCUT2D eigenvalue weighted by Crippen LogP contribution is -2.21.